The van der Waals surface area contributed by atoms with Gasteiger partial charge in [0.15, 0.2) is 0 Å². The van der Waals surface area contributed by atoms with Crippen molar-refractivity contribution >= 4 is 29.4 Å². The zero-order valence-electron chi connectivity index (χ0n) is 19.8. The van der Waals surface area contributed by atoms with Crippen LogP contribution >= 0.6 is 0 Å². The first kappa shape index (κ1) is 26.3. The van der Waals surface area contributed by atoms with E-state index in [9.17, 15) is 23.2 Å². The molecule has 10 nitrogen and oxygen atoms in total. The Labute approximate surface area is 205 Å². The number of amides is 3. The van der Waals surface area contributed by atoms with Crippen molar-refractivity contribution in [1.82, 2.24) is 15.0 Å². The number of carbonyl (C=O) groups is 3. The van der Waals surface area contributed by atoms with E-state index in [2.05, 4.69) is 20.8 Å². The van der Waals surface area contributed by atoms with Gasteiger partial charge in [-0.05, 0) is 37.1 Å². The number of aryl methyl sites for hydroxylation is 1. The number of likely N-dealkylation sites (N-methyl/N-ethyl adjacent to an activating group) is 1. The minimum Gasteiger partial charge on any atom is -0.477 e. The third-order valence-corrected chi connectivity index (χ3v) is 5.50. The number of carboxylic acids is 1. The molecule has 0 aliphatic carbocycles. The average molecular weight is 501 g/mol. The third kappa shape index (κ3) is 6.62. The van der Waals surface area contributed by atoms with Gasteiger partial charge >= 0.3 is 17.9 Å². The SMILES string of the molecule is Cc1ccccc1NC(=O)Nc1ccc(CC(=O)N(C)C(C)c2cc(CC(F)(F)C(=O)O)on2)cn1. The fourth-order valence-corrected chi connectivity index (χ4v) is 3.20. The summed E-state index contributed by atoms with van der Waals surface area (Å²) >= 11 is 0. The van der Waals surface area contributed by atoms with Crippen molar-refractivity contribution in [2.24, 2.45) is 0 Å². The molecule has 0 radical (unpaired) electrons. The second-order valence-corrected chi connectivity index (χ2v) is 8.21. The Balaban J connectivity index is 1.55. The number of nitrogens with zero attached hydrogens (tertiary/aromatic N) is 3. The Bertz CT molecular complexity index is 1250. The van der Waals surface area contributed by atoms with E-state index in [4.69, 9.17) is 9.63 Å². The van der Waals surface area contributed by atoms with Crippen LogP contribution in [0.15, 0.2) is 53.2 Å². The van der Waals surface area contributed by atoms with Gasteiger partial charge in [-0.1, -0.05) is 29.4 Å². The van der Waals surface area contributed by atoms with Gasteiger partial charge < -0.3 is 19.8 Å². The van der Waals surface area contributed by atoms with Crippen molar-refractivity contribution in [2.75, 3.05) is 17.7 Å². The lowest BCUT2D eigenvalue weighted by atomic mass is 10.1. The molecule has 3 N–H and O–H groups in total. The topological polar surface area (TPSA) is 138 Å². The van der Waals surface area contributed by atoms with Crippen LogP contribution in [0.25, 0.3) is 0 Å². The molecule has 0 saturated heterocycles. The Morgan fingerprint density at radius 1 is 1.17 bits per heavy atom. The standard InChI is InChI=1S/C24H25F2N5O5/c1-14-6-4-5-7-18(14)28-23(35)29-20-9-8-16(13-27-20)10-21(32)31(3)15(2)19-11-17(36-30-19)12-24(25,26)22(33)34/h4-9,11,13,15H,10,12H2,1-3H3,(H,33,34)(H2,27,28,29,35). The zero-order valence-corrected chi connectivity index (χ0v) is 19.8. The summed E-state index contributed by atoms with van der Waals surface area (Å²) in [5, 5.41) is 17.6. The Morgan fingerprint density at radius 3 is 2.53 bits per heavy atom. The van der Waals surface area contributed by atoms with E-state index in [0.29, 0.717) is 17.1 Å². The van der Waals surface area contributed by atoms with Crippen LogP contribution in [0.1, 0.15) is 35.5 Å². The van der Waals surface area contributed by atoms with Gasteiger partial charge in [0.25, 0.3) is 0 Å². The summed E-state index contributed by atoms with van der Waals surface area (Å²) in [4.78, 5) is 41.0. The maximum atomic E-state index is 13.4. The Hall–Kier alpha value is -4.35. The summed E-state index contributed by atoms with van der Waals surface area (Å²) in [5.74, 6) is -6.56. The van der Waals surface area contributed by atoms with E-state index in [0.717, 1.165) is 5.56 Å². The first-order chi connectivity index (χ1) is 17.0. The highest BCUT2D eigenvalue weighted by Crippen LogP contribution is 2.25. The van der Waals surface area contributed by atoms with Gasteiger partial charge in [0.1, 0.15) is 17.3 Å². The number of benzene rings is 1. The number of para-hydroxylation sites is 1. The number of pyridine rings is 1. The van der Waals surface area contributed by atoms with Crippen LogP contribution in [0.2, 0.25) is 0 Å². The first-order valence-corrected chi connectivity index (χ1v) is 10.9. The monoisotopic (exact) mass is 501 g/mol. The van der Waals surface area contributed by atoms with Gasteiger partial charge in [0.05, 0.1) is 18.9 Å². The largest absolute Gasteiger partial charge is 0.477 e. The van der Waals surface area contributed by atoms with Crippen molar-refractivity contribution in [3.8, 4) is 0 Å². The molecule has 3 aromatic rings. The summed E-state index contributed by atoms with van der Waals surface area (Å²) in [6, 6.07) is 10.7. The van der Waals surface area contributed by atoms with Crippen LogP contribution in [0, 0.1) is 6.92 Å². The van der Waals surface area contributed by atoms with Crippen molar-refractivity contribution in [1.29, 1.82) is 0 Å². The quantitative estimate of drug-likeness (QED) is 0.402. The van der Waals surface area contributed by atoms with E-state index >= 15 is 0 Å². The van der Waals surface area contributed by atoms with Crippen LogP contribution in [0.4, 0.5) is 25.1 Å². The number of alkyl halides is 2. The van der Waals surface area contributed by atoms with Crippen molar-refractivity contribution < 1.29 is 32.8 Å². The molecule has 1 aromatic carbocycles. The van der Waals surface area contributed by atoms with Crippen LogP contribution in [-0.4, -0.2) is 51.0 Å². The highest BCUT2D eigenvalue weighted by atomic mass is 19.3. The predicted octanol–water partition coefficient (Wildman–Crippen LogP) is 4.05. The summed E-state index contributed by atoms with van der Waals surface area (Å²) in [6.45, 7) is 3.50. The molecule has 0 bridgehead atoms. The lowest BCUT2D eigenvalue weighted by molar-refractivity contribution is -0.165. The normalized spacial score (nSPS) is 12.0. The second-order valence-electron chi connectivity index (χ2n) is 8.21. The Morgan fingerprint density at radius 2 is 1.89 bits per heavy atom. The number of aliphatic carboxylic acids is 1. The molecular weight excluding hydrogens is 476 g/mol. The second kappa shape index (κ2) is 10.9. The number of carboxylic acid groups (broad SMARTS) is 1. The van der Waals surface area contributed by atoms with Gasteiger partial charge in [-0.15, -0.1) is 0 Å². The summed E-state index contributed by atoms with van der Waals surface area (Å²) in [7, 11) is 1.52. The molecule has 36 heavy (non-hydrogen) atoms. The third-order valence-electron chi connectivity index (χ3n) is 5.50. The molecule has 190 valence electrons. The molecule has 3 rings (SSSR count). The van der Waals surface area contributed by atoms with Crippen molar-refractivity contribution in [2.45, 2.75) is 38.7 Å². The number of aromatic nitrogens is 2. The van der Waals surface area contributed by atoms with Gasteiger partial charge in [-0.25, -0.2) is 14.6 Å². The highest BCUT2D eigenvalue weighted by Gasteiger charge is 2.40. The molecular formula is C24H25F2N5O5. The van der Waals surface area contributed by atoms with Crippen LogP contribution in [-0.2, 0) is 22.4 Å². The minimum atomic E-state index is -3.99. The van der Waals surface area contributed by atoms with E-state index in [1.165, 1.54) is 24.2 Å². The molecule has 0 saturated carbocycles. The maximum Gasteiger partial charge on any atom is 0.375 e. The molecule has 2 aromatic heterocycles. The number of hydrogen-bond acceptors (Lipinski definition) is 6. The molecule has 0 fully saturated rings. The fourth-order valence-electron chi connectivity index (χ4n) is 3.20. The zero-order chi connectivity index (χ0) is 26.5. The van der Waals surface area contributed by atoms with Gasteiger partial charge in [-0.3, -0.25) is 10.1 Å². The molecule has 0 aliphatic heterocycles. The Kier molecular flexibility index (Phi) is 7.97. The number of urea groups is 1. The van der Waals surface area contributed by atoms with E-state index in [-0.39, 0.29) is 23.8 Å². The number of hydrogen-bond donors (Lipinski definition) is 3. The number of carbonyl (C=O) groups excluding carboxylic acids is 2. The fraction of sp³-hybridized carbons (Fsp3) is 0.292. The van der Waals surface area contributed by atoms with Crippen molar-refractivity contribution in [3.05, 3.63) is 71.2 Å². The average Bonchev–Trinajstić information content (AvgIpc) is 3.28. The van der Waals surface area contributed by atoms with Gasteiger partial charge in [0.2, 0.25) is 5.91 Å². The van der Waals surface area contributed by atoms with E-state index < -0.39 is 30.4 Å². The number of halogens is 2. The molecule has 1 atom stereocenters. The van der Waals surface area contributed by atoms with Crippen molar-refractivity contribution in [3.63, 3.8) is 0 Å². The molecule has 1 unspecified atom stereocenters. The molecule has 3 amide bonds. The first-order valence-electron chi connectivity index (χ1n) is 10.9. The lowest BCUT2D eigenvalue weighted by Crippen LogP contribution is -2.31. The highest BCUT2D eigenvalue weighted by molar-refractivity contribution is 5.99. The van der Waals surface area contributed by atoms with E-state index in [1.807, 2.05) is 25.1 Å². The smallest absolute Gasteiger partial charge is 0.375 e. The number of nitrogens with one attached hydrogen (secondary N) is 2. The van der Waals surface area contributed by atoms with Crippen LogP contribution in [0.5, 0.6) is 0 Å². The molecule has 2 heterocycles. The summed E-state index contributed by atoms with van der Waals surface area (Å²) in [6.07, 6.45) is 0.308. The summed E-state index contributed by atoms with van der Waals surface area (Å²) < 4.78 is 31.6. The minimum absolute atomic E-state index is 0.00861. The molecule has 12 heteroatoms. The lowest BCUT2D eigenvalue weighted by Gasteiger charge is -2.23. The van der Waals surface area contributed by atoms with Crippen LogP contribution in [0.3, 0.4) is 0 Å². The molecule has 0 aliphatic rings. The van der Waals surface area contributed by atoms with Gasteiger partial charge in [-0.2, -0.15) is 8.78 Å². The number of anilines is 2. The molecule has 0 spiro atoms. The summed E-state index contributed by atoms with van der Waals surface area (Å²) in [5.41, 5.74) is 2.38. The van der Waals surface area contributed by atoms with Crippen LogP contribution < -0.4 is 10.6 Å². The predicted molar refractivity (Wildman–Crippen MR) is 126 cm³/mol. The number of rotatable bonds is 9. The van der Waals surface area contributed by atoms with E-state index in [1.54, 1.807) is 25.1 Å². The van der Waals surface area contributed by atoms with Gasteiger partial charge in [0, 0.05) is 25.0 Å². The maximum absolute atomic E-state index is 13.4.